The molecule has 1 N–H and O–H groups in total. The fourth-order valence-electron chi connectivity index (χ4n) is 4.74. The molecule has 11 heteroatoms. The summed E-state index contributed by atoms with van der Waals surface area (Å²) >= 11 is 12.4. The number of ether oxygens (including phenoxy) is 1. The molecule has 0 bridgehead atoms. The third-order valence-electron chi connectivity index (χ3n) is 7.01. The van der Waals surface area contributed by atoms with Crippen LogP contribution in [0.3, 0.4) is 0 Å². The predicted molar refractivity (Wildman–Crippen MR) is 179 cm³/mol. The minimum absolute atomic E-state index is 0.00573. The van der Waals surface area contributed by atoms with Gasteiger partial charge in [-0.2, -0.15) is 0 Å². The highest BCUT2D eigenvalue weighted by Crippen LogP contribution is 2.26. The van der Waals surface area contributed by atoms with Crippen molar-refractivity contribution in [2.75, 3.05) is 23.7 Å². The van der Waals surface area contributed by atoms with Crippen LogP contribution >= 0.6 is 23.2 Å². The lowest BCUT2D eigenvalue weighted by molar-refractivity contribution is -0.140. The summed E-state index contributed by atoms with van der Waals surface area (Å²) in [6.07, 6.45) is 1.25. The summed E-state index contributed by atoms with van der Waals surface area (Å²) in [6.45, 7) is 1.96. The van der Waals surface area contributed by atoms with Gasteiger partial charge in [0.05, 0.1) is 22.0 Å². The molecular weight excluding hydrogens is 633 g/mol. The lowest BCUT2D eigenvalue weighted by atomic mass is 10.0. The van der Waals surface area contributed by atoms with Crippen molar-refractivity contribution < 1.29 is 22.7 Å². The molecule has 0 spiro atoms. The summed E-state index contributed by atoms with van der Waals surface area (Å²) in [6, 6.07) is 29.5. The fourth-order valence-corrected chi connectivity index (χ4v) is 5.91. The molecule has 8 nitrogen and oxygen atoms in total. The van der Waals surface area contributed by atoms with Crippen LogP contribution in [0.1, 0.15) is 23.6 Å². The van der Waals surface area contributed by atoms with Crippen molar-refractivity contribution >= 4 is 50.7 Å². The number of hydrogen-bond donors (Lipinski definition) is 1. The molecule has 1 atom stereocenters. The number of carbonyl (C=O) groups is 2. The number of carbonyl (C=O) groups excluding carboxylic acids is 2. The Labute approximate surface area is 274 Å². The van der Waals surface area contributed by atoms with Gasteiger partial charge in [-0.05, 0) is 60.0 Å². The van der Waals surface area contributed by atoms with Crippen molar-refractivity contribution in [3.05, 3.63) is 130 Å². The Morgan fingerprint density at radius 3 is 2.02 bits per heavy atom. The molecule has 0 aliphatic carbocycles. The largest absolute Gasteiger partial charge is 0.489 e. The van der Waals surface area contributed by atoms with Crippen LogP contribution in [-0.2, 0) is 39.2 Å². The van der Waals surface area contributed by atoms with Gasteiger partial charge in [0.1, 0.15) is 24.9 Å². The molecule has 4 aromatic rings. The van der Waals surface area contributed by atoms with Gasteiger partial charge in [-0.15, -0.1) is 0 Å². The van der Waals surface area contributed by atoms with E-state index in [0.717, 1.165) is 21.7 Å². The Bertz CT molecular complexity index is 1690. The molecule has 0 heterocycles. The Kier molecular flexibility index (Phi) is 11.9. The van der Waals surface area contributed by atoms with Gasteiger partial charge in [-0.25, -0.2) is 8.42 Å². The number of amides is 2. The third kappa shape index (κ3) is 9.72. The topological polar surface area (TPSA) is 96.0 Å². The summed E-state index contributed by atoms with van der Waals surface area (Å²) < 4.78 is 32.9. The molecule has 0 aromatic heterocycles. The molecule has 236 valence electrons. The molecule has 0 aliphatic heterocycles. The van der Waals surface area contributed by atoms with Crippen LogP contribution in [-0.4, -0.2) is 50.5 Å². The van der Waals surface area contributed by atoms with Crippen LogP contribution < -0.4 is 14.4 Å². The second kappa shape index (κ2) is 15.8. The van der Waals surface area contributed by atoms with Crippen molar-refractivity contribution in [1.82, 2.24) is 10.2 Å². The molecule has 45 heavy (non-hydrogen) atoms. The van der Waals surface area contributed by atoms with Gasteiger partial charge >= 0.3 is 0 Å². The highest BCUT2D eigenvalue weighted by Gasteiger charge is 2.33. The number of rotatable bonds is 14. The van der Waals surface area contributed by atoms with E-state index in [0.29, 0.717) is 34.5 Å². The van der Waals surface area contributed by atoms with E-state index in [2.05, 4.69) is 5.32 Å². The van der Waals surface area contributed by atoms with Crippen molar-refractivity contribution in [3.63, 3.8) is 0 Å². The van der Waals surface area contributed by atoms with Gasteiger partial charge in [-0.1, -0.05) is 89.9 Å². The van der Waals surface area contributed by atoms with Gasteiger partial charge in [0.25, 0.3) is 0 Å². The van der Waals surface area contributed by atoms with E-state index in [1.54, 1.807) is 49.4 Å². The number of likely N-dealkylation sites (N-methyl/N-ethyl adjacent to an activating group) is 1. The van der Waals surface area contributed by atoms with E-state index >= 15 is 0 Å². The maximum atomic E-state index is 14.2. The number of sulfonamides is 1. The second-order valence-corrected chi connectivity index (χ2v) is 13.1. The van der Waals surface area contributed by atoms with E-state index in [9.17, 15) is 18.0 Å². The van der Waals surface area contributed by atoms with E-state index < -0.39 is 28.5 Å². The fraction of sp³-hybridized carbons (Fsp3) is 0.235. The van der Waals surface area contributed by atoms with Crippen molar-refractivity contribution in [3.8, 4) is 5.75 Å². The zero-order chi connectivity index (χ0) is 32.4. The first-order valence-corrected chi connectivity index (χ1v) is 16.9. The van der Waals surface area contributed by atoms with Crippen LogP contribution in [0.25, 0.3) is 0 Å². The van der Waals surface area contributed by atoms with E-state index in [-0.39, 0.29) is 24.6 Å². The summed E-state index contributed by atoms with van der Waals surface area (Å²) in [5, 5.41) is 3.47. The summed E-state index contributed by atoms with van der Waals surface area (Å²) in [4.78, 5) is 29.0. The molecule has 4 aromatic carbocycles. The zero-order valence-electron chi connectivity index (χ0n) is 25.0. The van der Waals surface area contributed by atoms with Gasteiger partial charge < -0.3 is 15.0 Å². The molecule has 0 fully saturated rings. The summed E-state index contributed by atoms with van der Waals surface area (Å²) in [5.74, 6) is -0.383. The number of halogens is 2. The minimum atomic E-state index is -3.91. The minimum Gasteiger partial charge on any atom is -0.489 e. The number of nitrogens with zero attached hydrogens (tertiary/aromatic N) is 2. The van der Waals surface area contributed by atoms with E-state index in [1.165, 1.54) is 4.90 Å². The maximum absolute atomic E-state index is 14.2. The molecule has 0 radical (unpaired) electrons. The number of hydrogen-bond acceptors (Lipinski definition) is 5. The standard InChI is InChI=1S/C34H35Cl2N3O5S/c1-3-37-34(41)32(21-25-10-6-4-7-11-25)38(22-27-14-19-30(35)31(36)20-27)33(40)23-39(45(2,42)43)28-15-17-29(18-16-28)44-24-26-12-8-5-9-13-26/h4-20,32H,3,21-24H2,1-2H3,(H,37,41)/t32-/m0/s1. The number of anilines is 1. The first-order chi connectivity index (χ1) is 21.5. The molecular formula is C34H35Cl2N3O5S. The second-order valence-electron chi connectivity index (χ2n) is 10.4. The van der Waals surface area contributed by atoms with E-state index in [1.807, 2.05) is 60.7 Å². The van der Waals surface area contributed by atoms with Crippen LogP contribution in [0.5, 0.6) is 5.75 Å². The van der Waals surface area contributed by atoms with Crippen molar-refractivity contribution in [1.29, 1.82) is 0 Å². The summed E-state index contributed by atoms with van der Waals surface area (Å²) in [5.41, 5.74) is 2.74. The van der Waals surface area contributed by atoms with Crippen molar-refractivity contribution in [2.24, 2.45) is 0 Å². The Morgan fingerprint density at radius 1 is 0.822 bits per heavy atom. The van der Waals surface area contributed by atoms with Gasteiger partial charge in [0, 0.05) is 19.5 Å². The highest BCUT2D eigenvalue weighted by atomic mass is 35.5. The Morgan fingerprint density at radius 2 is 1.44 bits per heavy atom. The first kappa shape index (κ1) is 33.8. The maximum Gasteiger partial charge on any atom is 0.244 e. The normalized spacial score (nSPS) is 11.8. The summed E-state index contributed by atoms with van der Waals surface area (Å²) in [7, 11) is -3.91. The Balaban J connectivity index is 1.64. The lowest BCUT2D eigenvalue weighted by Gasteiger charge is -2.33. The molecule has 2 amide bonds. The molecule has 0 saturated carbocycles. The van der Waals surface area contributed by atoms with Crippen LogP contribution in [0.2, 0.25) is 10.0 Å². The van der Waals surface area contributed by atoms with Crippen LogP contribution in [0, 0.1) is 0 Å². The molecule has 0 aliphatic rings. The average Bonchev–Trinajstić information content (AvgIpc) is 3.03. The van der Waals surface area contributed by atoms with Gasteiger partial charge in [0.2, 0.25) is 21.8 Å². The average molecular weight is 669 g/mol. The highest BCUT2D eigenvalue weighted by molar-refractivity contribution is 7.92. The number of nitrogens with one attached hydrogen (secondary N) is 1. The molecule has 4 rings (SSSR count). The third-order valence-corrected chi connectivity index (χ3v) is 8.89. The molecule has 0 unspecified atom stereocenters. The predicted octanol–water partition coefficient (Wildman–Crippen LogP) is 6.11. The van der Waals surface area contributed by atoms with E-state index in [4.69, 9.17) is 27.9 Å². The van der Waals surface area contributed by atoms with Crippen LogP contribution in [0.15, 0.2) is 103 Å². The molecule has 0 saturated heterocycles. The quantitative estimate of drug-likeness (QED) is 0.175. The number of benzene rings is 4. The van der Waals surface area contributed by atoms with Gasteiger partial charge in [-0.3, -0.25) is 13.9 Å². The van der Waals surface area contributed by atoms with Crippen molar-refractivity contribution in [2.45, 2.75) is 32.5 Å². The Hall–Kier alpha value is -4.05. The SMILES string of the molecule is CCNC(=O)[C@H](Cc1ccccc1)N(Cc1ccc(Cl)c(Cl)c1)C(=O)CN(c1ccc(OCc2ccccc2)cc1)S(C)(=O)=O. The lowest BCUT2D eigenvalue weighted by Crippen LogP contribution is -2.53. The van der Waals surface area contributed by atoms with Crippen LogP contribution in [0.4, 0.5) is 5.69 Å². The first-order valence-electron chi connectivity index (χ1n) is 14.3. The zero-order valence-corrected chi connectivity index (χ0v) is 27.4. The van der Waals surface area contributed by atoms with Gasteiger partial charge in [0.15, 0.2) is 0 Å². The smallest absolute Gasteiger partial charge is 0.244 e. The monoisotopic (exact) mass is 667 g/mol.